The first-order valence-corrected chi connectivity index (χ1v) is 8.38. The van der Waals surface area contributed by atoms with Gasteiger partial charge in [-0.25, -0.2) is 9.97 Å². The van der Waals surface area contributed by atoms with Crippen LogP contribution in [0.15, 0.2) is 6.33 Å². The van der Waals surface area contributed by atoms with Crippen LogP contribution in [0.3, 0.4) is 0 Å². The number of aromatic nitrogens is 2. The van der Waals surface area contributed by atoms with Crippen molar-refractivity contribution in [1.29, 1.82) is 10.5 Å². The molecule has 3 N–H and O–H groups in total. The van der Waals surface area contributed by atoms with Crippen LogP contribution in [0.1, 0.15) is 12.8 Å². The molecule has 25 heavy (non-hydrogen) atoms. The summed E-state index contributed by atoms with van der Waals surface area (Å²) in [6, 6.07) is 4.23. The van der Waals surface area contributed by atoms with E-state index in [1.54, 1.807) is 0 Å². The van der Waals surface area contributed by atoms with E-state index < -0.39 is 0 Å². The maximum Gasteiger partial charge on any atom is 0.157 e. The lowest BCUT2D eigenvalue weighted by Gasteiger charge is -2.36. The number of aliphatic hydroxyl groups excluding tert-OH is 1. The van der Waals surface area contributed by atoms with E-state index in [2.05, 4.69) is 31.9 Å². The van der Waals surface area contributed by atoms with Crippen LogP contribution in [-0.2, 0) is 0 Å². The normalized spacial score (nSPS) is 14.8. The molecule has 2 heterocycles. The Morgan fingerprint density at radius 2 is 1.76 bits per heavy atom. The lowest BCUT2D eigenvalue weighted by Crippen LogP contribution is -2.47. The van der Waals surface area contributed by atoms with E-state index in [1.165, 1.54) is 6.33 Å². The van der Waals surface area contributed by atoms with Gasteiger partial charge in [-0.1, -0.05) is 0 Å². The Bertz CT molecular complexity index is 612. The zero-order chi connectivity index (χ0) is 18.1. The van der Waals surface area contributed by atoms with Gasteiger partial charge in [-0.15, -0.1) is 0 Å². The Hall–Kier alpha value is -2.62. The molecule has 0 amide bonds. The van der Waals surface area contributed by atoms with Gasteiger partial charge in [-0.05, 0) is 0 Å². The van der Waals surface area contributed by atoms with Gasteiger partial charge in [0.2, 0.25) is 0 Å². The van der Waals surface area contributed by atoms with Gasteiger partial charge in [-0.2, -0.15) is 10.5 Å². The first kappa shape index (κ1) is 18.7. The van der Waals surface area contributed by atoms with Crippen LogP contribution in [0.5, 0.6) is 0 Å². The molecule has 0 aliphatic carbocycles. The Morgan fingerprint density at radius 1 is 1.12 bits per heavy atom. The van der Waals surface area contributed by atoms with Crippen molar-refractivity contribution in [2.45, 2.75) is 12.8 Å². The molecule has 0 spiro atoms. The number of nitrogen functional groups attached to an aromatic ring is 1. The highest BCUT2D eigenvalue weighted by atomic mass is 16.3. The van der Waals surface area contributed by atoms with Crippen molar-refractivity contribution in [3.8, 4) is 12.1 Å². The summed E-state index contributed by atoms with van der Waals surface area (Å²) in [6.07, 6.45) is 2.15. The Balaban J connectivity index is 2.15. The van der Waals surface area contributed by atoms with Gasteiger partial charge >= 0.3 is 0 Å². The minimum atomic E-state index is 0.159. The average molecular weight is 344 g/mol. The highest BCUT2D eigenvalue weighted by molar-refractivity contribution is 5.75. The second kappa shape index (κ2) is 9.62. The number of nitrogens with two attached hydrogens (primary N) is 1. The van der Waals surface area contributed by atoms with Crippen molar-refractivity contribution in [1.82, 2.24) is 14.9 Å². The smallest absolute Gasteiger partial charge is 0.157 e. The van der Waals surface area contributed by atoms with Gasteiger partial charge in [0.05, 0.1) is 31.6 Å². The largest absolute Gasteiger partial charge is 0.395 e. The van der Waals surface area contributed by atoms with Crippen molar-refractivity contribution in [2.75, 3.05) is 68.0 Å². The summed E-state index contributed by atoms with van der Waals surface area (Å²) < 4.78 is 0. The third-order valence-electron chi connectivity index (χ3n) is 4.22. The van der Waals surface area contributed by atoms with Crippen LogP contribution in [0.4, 0.5) is 17.3 Å². The molecule has 1 saturated heterocycles. The molecule has 0 aromatic carbocycles. The molecule has 0 unspecified atom stereocenters. The molecule has 9 nitrogen and oxygen atoms in total. The fourth-order valence-electron chi connectivity index (χ4n) is 2.90. The first-order chi connectivity index (χ1) is 12.2. The average Bonchev–Trinajstić information content (AvgIpc) is 2.64. The topological polar surface area (TPSA) is 129 Å². The van der Waals surface area contributed by atoms with E-state index in [0.29, 0.717) is 49.8 Å². The molecule has 2 rings (SSSR count). The molecule has 1 aromatic rings. The summed E-state index contributed by atoms with van der Waals surface area (Å²) in [5.74, 6) is 1.26. The molecule has 0 bridgehead atoms. The van der Waals surface area contributed by atoms with E-state index in [9.17, 15) is 0 Å². The van der Waals surface area contributed by atoms with Crippen LogP contribution in [0.2, 0.25) is 0 Å². The van der Waals surface area contributed by atoms with E-state index >= 15 is 0 Å². The number of nitrogens with zero attached hydrogens (tertiary/aromatic N) is 7. The Kier molecular flexibility index (Phi) is 7.20. The van der Waals surface area contributed by atoms with Crippen molar-refractivity contribution in [3.63, 3.8) is 0 Å². The summed E-state index contributed by atoms with van der Waals surface area (Å²) in [7, 11) is 0. The number of rotatable bonds is 8. The number of aliphatic hydroxyl groups is 1. The summed E-state index contributed by atoms with van der Waals surface area (Å²) >= 11 is 0. The maximum atomic E-state index is 9.04. The lowest BCUT2D eigenvalue weighted by atomic mass is 10.2. The summed E-state index contributed by atoms with van der Waals surface area (Å²) in [6.45, 7) is 5.01. The van der Waals surface area contributed by atoms with E-state index in [0.717, 1.165) is 26.2 Å². The second-order valence-electron chi connectivity index (χ2n) is 5.79. The number of hydrogen-bond donors (Lipinski definition) is 2. The highest BCUT2D eigenvalue weighted by Crippen LogP contribution is 2.29. The van der Waals surface area contributed by atoms with Crippen LogP contribution in [0.25, 0.3) is 0 Å². The van der Waals surface area contributed by atoms with Gasteiger partial charge < -0.3 is 20.6 Å². The summed E-state index contributed by atoms with van der Waals surface area (Å²) in [5.41, 5.74) is 6.80. The minimum Gasteiger partial charge on any atom is -0.395 e. The number of hydrogen-bond acceptors (Lipinski definition) is 9. The fourth-order valence-corrected chi connectivity index (χ4v) is 2.90. The molecular formula is C16H24N8O. The SMILES string of the molecule is N#CCCN(CCC#N)c1ncnc(N2CCN(CCO)CC2)c1N. The van der Waals surface area contributed by atoms with Gasteiger partial charge in [0, 0.05) is 45.8 Å². The van der Waals surface area contributed by atoms with Crippen molar-refractivity contribution in [2.24, 2.45) is 0 Å². The third kappa shape index (κ3) is 4.92. The molecule has 0 atom stereocenters. The van der Waals surface area contributed by atoms with E-state index in [4.69, 9.17) is 21.4 Å². The van der Waals surface area contributed by atoms with Crippen molar-refractivity contribution >= 4 is 17.3 Å². The lowest BCUT2D eigenvalue weighted by molar-refractivity contribution is 0.188. The molecule has 0 saturated carbocycles. The summed E-state index contributed by atoms with van der Waals surface area (Å²) in [5, 5.41) is 26.7. The molecule has 1 aliphatic rings. The molecule has 1 aliphatic heterocycles. The number of β-amino-alcohol motifs (C(OH)–C–C–N with tert-alkyl or cyclic N) is 1. The number of piperazine rings is 1. The monoisotopic (exact) mass is 344 g/mol. The van der Waals surface area contributed by atoms with Gasteiger partial charge in [-0.3, -0.25) is 4.90 Å². The molecule has 9 heteroatoms. The second-order valence-corrected chi connectivity index (χ2v) is 5.79. The molecule has 1 fully saturated rings. The van der Waals surface area contributed by atoms with Gasteiger partial charge in [0.15, 0.2) is 11.6 Å². The predicted octanol–water partition coefficient (Wildman–Crippen LogP) is -0.193. The van der Waals surface area contributed by atoms with Crippen molar-refractivity contribution in [3.05, 3.63) is 6.33 Å². The quantitative estimate of drug-likeness (QED) is 0.659. The van der Waals surface area contributed by atoms with Crippen LogP contribution >= 0.6 is 0 Å². The summed E-state index contributed by atoms with van der Waals surface area (Å²) in [4.78, 5) is 14.8. The molecule has 0 radical (unpaired) electrons. The highest BCUT2D eigenvalue weighted by Gasteiger charge is 2.22. The number of anilines is 3. The predicted molar refractivity (Wildman–Crippen MR) is 94.9 cm³/mol. The van der Waals surface area contributed by atoms with Gasteiger partial charge in [0.1, 0.15) is 12.0 Å². The Labute approximate surface area is 147 Å². The molecule has 1 aromatic heterocycles. The molecular weight excluding hydrogens is 320 g/mol. The minimum absolute atomic E-state index is 0.159. The van der Waals surface area contributed by atoms with Crippen molar-refractivity contribution < 1.29 is 5.11 Å². The Morgan fingerprint density at radius 3 is 2.32 bits per heavy atom. The van der Waals surface area contributed by atoms with Crippen LogP contribution < -0.4 is 15.5 Å². The third-order valence-corrected chi connectivity index (χ3v) is 4.22. The maximum absolute atomic E-state index is 9.04. The molecule has 134 valence electrons. The van der Waals surface area contributed by atoms with E-state index in [1.807, 2.05) is 4.90 Å². The van der Waals surface area contributed by atoms with Crippen LogP contribution in [-0.4, -0.2) is 72.4 Å². The zero-order valence-corrected chi connectivity index (χ0v) is 14.3. The number of nitriles is 2. The zero-order valence-electron chi connectivity index (χ0n) is 14.3. The fraction of sp³-hybridized carbons (Fsp3) is 0.625. The standard InChI is InChI=1S/C16H24N8O/c17-3-1-5-23(6-2-4-18)15-14(19)16(21-13-20-15)24-9-7-22(8-10-24)11-12-25/h13,25H,1-2,5-12,19H2. The van der Waals surface area contributed by atoms with Gasteiger partial charge in [0.25, 0.3) is 0 Å². The van der Waals surface area contributed by atoms with Crippen LogP contribution in [0, 0.1) is 22.7 Å². The van der Waals surface area contributed by atoms with E-state index in [-0.39, 0.29) is 6.61 Å². The first-order valence-electron chi connectivity index (χ1n) is 8.38.